The first kappa shape index (κ1) is 14.2. The summed E-state index contributed by atoms with van der Waals surface area (Å²) in [5, 5.41) is 0. The zero-order valence-electron chi connectivity index (χ0n) is 12.9. The number of hydrogen-bond donors (Lipinski definition) is 0. The van der Waals surface area contributed by atoms with Gasteiger partial charge in [0.05, 0.1) is 22.4 Å². The summed E-state index contributed by atoms with van der Waals surface area (Å²) in [5.74, 6) is -0.0619. The minimum atomic E-state index is -0.0619. The molecule has 0 aliphatic heterocycles. The second-order valence-electron chi connectivity index (χ2n) is 5.30. The third kappa shape index (κ3) is 2.55. The van der Waals surface area contributed by atoms with Gasteiger partial charge in [-0.05, 0) is 44.2 Å². The molecule has 0 spiro atoms. The van der Waals surface area contributed by atoms with Crippen LogP contribution in [0, 0.1) is 13.8 Å². The molecule has 0 saturated heterocycles. The number of aromatic nitrogens is 2. The Labute approximate surface area is 129 Å². The summed E-state index contributed by atoms with van der Waals surface area (Å²) >= 11 is 0. The van der Waals surface area contributed by atoms with Crippen molar-refractivity contribution in [3.05, 3.63) is 65.5 Å². The van der Waals surface area contributed by atoms with Crippen molar-refractivity contribution in [2.75, 3.05) is 11.9 Å². The van der Waals surface area contributed by atoms with Gasteiger partial charge in [0.25, 0.3) is 5.91 Å². The van der Waals surface area contributed by atoms with Crippen LogP contribution in [0.2, 0.25) is 0 Å². The third-order valence-electron chi connectivity index (χ3n) is 3.77. The molecule has 0 aliphatic rings. The average Bonchev–Trinajstić information content (AvgIpc) is 2.55. The summed E-state index contributed by atoms with van der Waals surface area (Å²) in [4.78, 5) is 23.3. The lowest BCUT2D eigenvalue weighted by Crippen LogP contribution is -2.26. The number of nitrogens with zero attached hydrogens (tertiary/aromatic N) is 3. The Hall–Kier alpha value is -2.75. The van der Waals surface area contributed by atoms with Gasteiger partial charge in [0.15, 0.2) is 0 Å². The van der Waals surface area contributed by atoms with Crippen molar-refractivity contribution in [3.8, 4) is 0 Å². The van der Waals surface area contributed by atoms with Crippen molar-refractivity contribution in [2.45, 2.75) is 13.8 Å². The van der Waals surface area contributed by atoms with E-state index < -0.39 is 0 Å². The largest absolute Gasteiger partial charge is 0.311 e. The molecule has 110 valence electrons. The first-order valence-corrected chi connectivity index (χ1v) is 7.14. The number of para-hydroxylation sites is 1. The summed E-state index contributed by atoms with van der Waals surface area (Å²) in [6.07, 6.45) is 0. The summed E-state index contributed by atoms with van der Waals surface area (Å²) in [7, 11) is 1.77. The van der Waals surface area contributed by atoms with E-state index in [0.29, 0.717) is 5.56 Å². The molecule has 3 aromatic rings. The molecule has 22 heavy (non-hydrogen) atoms. The lowest BCUT2D eigenvalue weighted by molar-refractivity contribution is 0.0993. The lowest BCUT2D eigenvalue weighted by Gasteiger charge is -2.17. The fraction of sp³-hybridized carbons (Fsp3) is 0.167. The molecular weight excluding hydrogens is 274 g/mol. The molecule has 0 fully saturated rings. The van der Waals surface area contributed by atoms with Crippen molar-refractivity contribution in [3.63, 3.8) is 0 Å². The number of rotatable bonds is 2. The summed E-state index contributed by atoms with van der Waals surface area (Å²) < 4.78 is 0. The zero-order valence-corrected chi connectivity index (χ0v) is 12.9. The van der Waals surface area contributed by atoms with Gasteiger partial charge in [-0.25, -0.2) is 9.97 Å². The van der Waals surface area contributed by atoms with Gasteiger partial charge in [-0.2, -0.15) is 0 Å². The number of amides is 1. The van der Waals surface area contributed by atoms with E-state index in [4.69, 9.17) is 0 Å². The third-order valence-corrected chi connectivity index (χ3v) is 3.77. The van der Waals surface area contributed by atoms with E-state index in [2.05, 4.69) is 9.97 Å². The predicted octanol–water partition coefficient (Wildman–Crippen LogP) is 3.52. The van der Waals surface area contributed by atoms with Crippen LogP contribution in [0.3, 0.4) is 0 Å². The summed E-state index contributed by atoms with van der Waals surface area (Å²) in [6.45, 7) is 3.86. The average molecular weight is 291 g/mol. The molecular formula is C18H17N3O. The Morgan fingerprint density at radius 1 is 0.909 bits per heavy atom. The highest BCUT2D eigenvalue weighted by Gasteiger charge is 2.14. The predicted molar refractivity (Wildman–Crippen MR) is 88.2 cm³/mol. The van der Waals surface area contributed by atoms with Crippen molar-refractivity contribution in [2.24, 2.45) is 0 Å². The van der Waals surface area contributed by atoms with Gasteiger partial charge in [-0.3, -0.25) is 4.79 Å². The number of anilines is 1. The number of aryl methyl sites for hydroxylation is 2. The van der Waals surface area contributed by atoms with E-state index in [0.717, 1.165) is 28.1 Å². The monoisotopic (exact) mass is 291 g/mol. The van der Waals surface area contributed by atoms with Crippen LogP contribution in [0.5, 0.6) is 0 Å². The molecule has 4 heteroatoms. The van der Waals surface area contributed by atoms with Gasteiger partial charge in [0.1, 0.15) is 0 Å². The Morgan fingerprint density at radius 2 is 1.55 bits per heavy atom. The van der Waals surface area contributed by atoms with Crippen molar-refractivity contribution in [1.82, 2.24) is 9.97 Å². The molecule has 3 rings (SSSR count). The van der Waals surface area contributed by atoms with Crippen LogP contribution in [0.4, 0.5) is 5.69 Å². The SMILES string of the molecule is Cc1nc2ccc(C(=O)N(C)c3ccccc3)cc2nc1C. The maximum atomic E-state index is 12.6. The standard InChI is InChI=1S/C18H17N3O/c1-12-13(2)20-17-11-14(9-10-16(17)19-12)18(22)21(3)15-7-5-4-6-8-15/h4-11H,1-3H3. The minimum Gasteiger partial charge on any atom is -0.311 e. The highest BCUT2D eigenvalue weighted by atomic mass is 16.2. The van der Waals surface area contributed by atoms with Gasteiger partial charge in [0.2, 0.25) is 0 Å². The van der Waals surface area contributed by atoms with Crippen LogP contribution in [-0.4, -0.2) is 22.9 Å². The molecule has 0 radical (unpaired) electrons. The minimum absolute atomic E-state index is 0.0619. The Morgan fingerprint density at radius 3 is 2.23 bits per heavy atom. The number of carbonyl (C=O) groups is 1. The first-order valence-electron chi connectivity index (χ1n) is 7.14. The van der Waals surface area contributed by atoms with E-state index >= 15 is 0 Å². The smallest absolute Gasteiger partial charge is 0.258 e. The molecule has 0 N–H and O–H groups in total. The van der Waals surface area contributed by atoms with E-state index in [-0.39, 0.29) is 5.91 Å². The topological polar surface area (TPSA) is 46.1 Å². The lowest BCUT2D eigenvalue weighted by atomic mass is 10.1. The first-order chi connectivity index (χ1) is 10.6. The highest BCUT2D eigenvalue weighted by molar-refractivity contribution is 6.07. The number of benzene rings is 2. The van der Waals surface area contributed by atoms with E-state index in [1.807, 2.05) is 50.2 Å². The molecule has 0 unspecified atom stereocenters. The Balaban J connectivity index is 1.99. The van der Waals surface area contributed by atoms with Crippen LogP contribution in [-0.2, 0) is 0 Å². The molecule has 0 bridgehead atoms. The number of carbonyl (C=O) groups excluding carboxylic acids is 1. The van der Waals surface area contributed by atoms with Crippen LogP contribution < -0.4 is 4.90 Å². The summed E-state index contributed by atoms with van der Waals surface area (Å²) in [5.41, 5.74) is 4.81. The van der Waals surface area contributed by atoms with Gasteiger partial charge in [-0.15, -0.1) is 0 Å². The van der Waals surface area contributed by atoms with E-state index in [9.17, 15) is 4.79 Å². The van der Waals surface area contributed by atoms with Crippen molar-refractivity contribution in [1.29, 1.82) is 0 Å². The molecule has 1 amide bonds. The molecule has 0 atom stereocenters. The molecule has 0 aliphatic carbocycles. The van der Waals surface area contributed by atoms with Gasteiger partial charge >= 0.3 is 0 Å². The summed E-state index contributed by atoms with van der Waals surface area (Å²) in [6, 6.07) is 15.0. The van der Waals surface area contributed by atoms with Crippen molar-refractivity contribution >= 4 is 22.6 Å². The van der Waals surface area contributed by atoms with E-state index in [1.165, 1.54) is 0 Å². The fourth-order valence-electron chi connectivity index (χ4n) is 2.33. The van der Waals surface area contributed by atoms with E-state index in [1.54, 1.807) is 24.1 Å². The van der Waals surface area contributed by atoms with Crippen LogP contribution >= 0.6 is 0 Å². The van der Waals surface area contributed by atoms with Crippen LogP contribution in [0.1, 0.15) is 21.7 Å². The molecule has 1 heterocycles. The molecule has 0 saturated carbocycles. The second-order valence-corrected chi connectivity index (χ2v) is 5.30. The Bertz CT molecular complexity index is 844. The van der Waals surface area contributed by atoms with Crippen molar-refractivity contribution < 1.29 is 4.79 Å². The molecule has 4 nitrogen and oxygen atoms in total. The maximum Gasteiger partial charge on any atom is 0.258 e. The quantitative estimate of drug-likeness (QED) is 0.725. The maximum absolute atomic E-state index is 12.6. The molecule has 1 aromatic heterocycles. The normalized spacial score (nSPS) is 10.7. The van der Waals surface area contributed by atoms with Gasteiger partial charge in [-0.1, -0.05) is 18.2 Å². The second kappa shape index (κ2) is 5.56. The van der Waals surface area contributed by atoms with Gasteiger partial charge < -0.3 is 4.90 Å². The molecule has 2 aromatic carbocycles. The van der Waals surface area contributed by atoms with Crippen LogP contribution in [0.25, 0.3) is 11.0 Å². The Kier molecular flexibility index (Phi) is 3.59. The zero-order chi connectivity index (χ0) is 15.7. The van der Waals surface area contributed by atoms with Crippen LogP contribution in [0.15, 0.2) is 48.5 Å². The van der Waals surface area contributed by atoms with Gasteiger partial charge in [0, 0.05) is 18.3 Å². The fourth-order valence-corrected chi connectivity index (χ4v) is 2.33. The number of hydrogen-bond acceptors (Lipinski definition) is 3. The number of fused-ring (bicyclic) bond motifs is 1. The highest BCUT2D eigenvalue weighted by Crippen LogP contribution is 2.18.